The summed E-state index contributed by atoms with van der Waals surface area (Å²) in [6.45, 7) is 3.83. The SMILES string of the molecule is CCCCOCCCNS(=O)(=O)c1cc(CN)oc1Br. The number of hydrogen-bond donors (Lipinski definition) is 2. The Bertz CT molecular complexity index is 502. The molecule has 0 radical (unpaired) electrons. The van der Waals surface area contributed by atoms with Crippen LogP contribution < -0.4 is 10.5 Å². The molecule has 0 aliphatic heterocycles. The molecule has 0 unspecified atom stereocenters. The molecule has 3 N–H and O–H groups in total. The maximum Gasteiger partial charge on any atom is 0.244 e. The number of sulfonamides is 1. The number of unbranched alkanes of at least 4 members (excludes halogenated alkanes) is 1. The van der Waals surface area contributed by atoms with E-state index in [0.717, 1.165) is 19.4 Å². The second-order valence-electron chi connectivity index (χ2n) is 4.27. The predicted molar refractivity (Wildman–Crippen MR) is 79.8 cm³/mol. The molecule has 0 atom stereocenters. The van der Waals surface area contributed by atoms with Crippen molar-refractivity contribution in [3.8, 4) is 0 Å². The molecule has 0 aliphatic rings. The fourth-order valence-electron chi connectivity index (χ4n) is 1.49. The third-order valence-corrected chi connectivity index (χ3v) is 4.91. The van der Waals surface area contributed by atoms with Gasteiger partial charge in [-0.25, -0.2) is 13.1 Å². The van der Waals surface area contributed by atoms with Crippen LogP contribution in [0.15, 0.2) is 20.0 Å². The van der Waals surface area contributed by atoms with E-state index in [-0.39, 0.29) is 16.1 Å². The lowest BCUT2D eigenvalue weighted by Crippen LogP contribution is -2.25. The van der Waals surface area contributed by atoms with Crippen molar-refractivity contribution < 1.29 is 17.6 Å². The fraction of sp³-hybridized carbons (Fsp3) is 0.667. The topological polar surface area (TPSA) is 94.6 Å². The normalized spacial score (nSPS) is 11.9. The lowest BCUT2D eigenvalue weighted by molar-refractivity contribution is 0.130. The molecular formula is C12H21BrN2O4S. The number of nitrogens with one attached hydrogen (secondary N) is 1. The van der Waals surface area contributed by atoms with Gasteiger partial charge in [-0.15, -0.1) is 0 Å². The van der Waals surface area contributed by atoms with E-state index >= 15 is 0 Å². The fourth-order valence-corrected chi connectivity index (χ4v) is 3.56. The molecule has 1 heterocycles. The highest BCUT2D eigenvalue weighted by molar-refractivity contribution is 9.10. The van der Waals surface area contributed by atoms with Crippen molar-refractivity contribution in [3.05, 3.63) is 16.5 Å². The molecule has 0 aliphatic carbocycles. The van der Waals surface area contributed by atoms with E-state index in [0.29, 0.717) is 25.3 Å². The summed E-state index contributed by atoms with van der Waals surface area (Å²) in [5, 5.41) is 0. The first-order chi connectivity index (χ1) is 9.51. The van der Waals surface area contributed by atoms with Crippen LogP contribution in [0.1, 0.15) is 31.9 Å². The Kier molecular flexibility index (Phi) is 7.75. The van der Waals surface area contributed by atoms with Gasteiger partial charge in [0.1, 0.15) is 10.7 Å². The molecule has 116 valence electrons. The Morgan fingerprint density at radius 3 is 2.70 bits per heavy atom. The minimum Gasteiger partial charge on any atom is -0.452 e. The first kappa shape index (κ1) is 17.6. The zero-order valence-corrected chi connectivity index (χ0v) is 13.9. The monoisotopic (exact) mass is 368 g/mol. The van der Waals surface area contributed by atoms with E-state index in [4.69, 9.17) is 14.9 Å². The average molecular weight is 369 g/mol. The van der Waals surface area contributed by atoms with Crippen LogP contribution in [0.2, 0.25) is 0 Å². The average Bonchev–Trinajstić information content (AvgIpc) is 2.80. The minimum absolute atomic E-state index is 0.0739. The highest BCUT2D eigenvalue weighted by atomic mass is 79.9. The standard InChI is InChI=1S/C12H21BrN2O4S/c1-2-3-6-18-7-4-5-15-20(16,17)11-8-10(9-14)19-12(11)13/h8,15H,2-7,9,14H2,1H3. The van der Waals surface area contributed by atoms with Gasteiger partial charge < -0.3 is 14.9 Å². The van der Waals surface area contributed by atoms with Gasteiger partial charge in [-0.1, -0.05) is 13.3 Å². The van der Waals surface area contributed by atoms with Crippen LogP contribution in [-0.2, 0) is 21.3 Å². The number of furan rings is 1. The quantitative estimate of drug-likeness (QED) is 0.615. The zero-order chi connectivity index (χ0) is 15.0. The molecule has 0 saturated carbocycles. The lowest BCUT2D eigenvalue weighted by Gasteiger charge is -2.06. The summed E-state index contributed by atoms with van der Waals surface area (Å²) >= 11 is 3.08. The van der Waals surface area contributed by atoms with Gasteiger partial charge >= 0.3 is 0 Å². The molecule has 20 heavy (non-hydrogen) atoms. The zero-order valence-electron chi connectivity index (χ0n) is 11.5. The van der Waals surface area contributed by atoms with Gasteiger partial charge in [0.05, 0.1) is 6.54 Å². The third kappa shape index (κ3) is 5.53. The Morgan fingerprint density at radius 2 is 2.10 bits per heavy atom. The van der Waals surface area contributed by atoms with E-state index in [2.05, 4.69) is 27.6 Å². The van der Waals surface area contributed by atoms with Crippen molar-refractivity contribution in [1.29, 1.82) is 0 Å². The van der Waals surface area contributed by atoms with Gasteiger partial charge in [-0.05, 0) is 28.8 Å². The number of ether oxygens (including phenoxy) is 1. The highest BCUT2D eigenvalue weighted by Gasteiger charge is 2.21. The number of halogens is 1. The van der Waals surface area contributed by atoms with Crippen molar-refractivity contribution in [2.75, 3.05) is 19.8 Å². The van der Waals surface area contributed by atoms with Crippen molar-refractivity contribution >= 4 is 26.0 Å². The van der Waals surface area contributed by atoms with E-state index in [1.165, 1.54) is 6.07 Å². The van der Waals surface area contributed by atoms with Crippen LogP contribution in [0.25, 0.3) is 0 Å². The van der Waals surface area contributed by atoms with Crippen LogP contribution in [0.4, 0.5) is 0 Å². The minimum atomic E-state index is -3.58. The molecule has 8 heteroatoms. The lowest BCUT2D eigenvalue weighted by atomic mass is 10.4. The van der Waals surface area contributed by atoms with Crippen molar-refractivity contribution in [1.82, 2.24) is 4.72 Å². The van der Waals surface area contributed by atoms with Crippen LogP contribution in [0, 0.1) is 0 Å². The summed E-state index contributed by atoms with van der Waals surface area (Å²) in [5.74, 6) is 0.417. The Balaban J connectivity index is 2.40. The van der Waals surface area contributed by atoms with Gasteiger partial charge in [0, 0.05) is 25.8 Å². The Hall–Kier alpha value is -0.410. The molecule has 0 fully saturated rings. The molecular weight excluding hydrogens is 348 g/mol. The summed E-state index contributed by atoms with van der Waals surface area (Å²) < 4.78 is 37.3. The van der Waals surface area contributed by atoms with Crippen molar-refractivity contribution in [2.45, 2.75) is 37.6 Å². The second kappa shape index (κ2) is 8.78. The van der Waals surface area contributed by atoms with Crippen molar-refractivity contribution in [3.63, 3.8) is 0 Å². The smallest absolute Gasteiger partial charge is 0.244 e. The Morgan fingerprint density at radius 1 is 1.40 bits per heavy atom. The summed E-state index contributed by atoms with van der Waals surface area (Å²) in [6.07, 6.45) is 2.74. The van der Waals surface area contributed by atoms with Crippen LogP contribution in [-0.4, -0.2) is 28.2 Å². The molecule has 1 rings (SSSR count). The van der Waals surface area contributed by atoms with E-state index in [1.807, 2.05) is 0 Å². The van der Waals surface area contributed by atoms with Gasteiger partial charge in [-0.2, -0.15) is 0 Å². The summed E-state index contributed by atoms with van der Waals surface area (Å²) in [4.78, 5) is 0.0739. The van der Waals surface area contributed by atoms with E-state index in [1.54, 1.807) is 0 Å². The first-order valence-corrected chi connectivity index (χ1v) is 8.84. The van der Waals surface area contributed by atoms with E-state index in [9.17, 15) is 8.42 Å². The summed E-state index contributed by atoms with van der Waals surface area (Å²) in [5.41, 5.74) is 5.41. The first-order valence-electron chi connectivity index (χ1n) is 6.57. The number of rotatable bonds is 10. The van der Waals surface area contributed by atoms with Crippen LogP contribution in [0.3, 0.4) is 0 Å². The largest absolute Gasteiger partial charge is 0.452 e. The van der Waals surface area contributed by atoms with E-state index < -0.39 is 10.0 Å². The van der Waals surface area contributed by atoms with Gasteiger partial charge in [0.25, 0.3) is 0 Å². The number of hydrogen-bond acceptors (Lipinski definition) is 5. The van der Waals surface area contributed by atoms with Crippen LogP contribution >= 0.6 is 15.9 Å². The van der Waals surface area contributed by atoms with Gasteiger partial charge in [-0.3, -0.25) is 0 Å². The highest BCUT2D eigenvalue weighted by Crippen LogP contribution is 2.25. The third-order valence-electron chi connectivity index (χ3n) is 2.60. The summed E-state index contributed by atoms with van der Waals surface area (Å²) in [7, 11) is -3.58. The number of nitrogens with two attached hydrogens (primary N) is 1. The molecule has 1 aromatic heterocycles. The maximum absolute atomic E-state index is 12.0. The molecule has 0 spiro atoms. The second-order valence-corrected chi connectivity index (χ2v) is 6.73. The van der Waals surface area contributed by atoms with Crippen molar-refractivity contribution in [2.24, 2.45) is 5.73 Å². The summed E-state index contributed by atoms with van der Waals surface area (Å²) in [6, 6.07) is 1.42. The van der Waals surface area contributed by atoms with Gasteiger partial charge in [0.15, 0.2) is 4.67 Å². The Labute approximate surface area is 128 Å². The molecule has 1 aromatic rings. The predicted octanol–water partition coefficient (Wildman–Crippen LogP) is 1.99. The molecule has 0 aromatic carbocycles. The molecule has 6 nitrogen and oxygen atoms in total. The maximum atomic E-state index is 12.0. The molecule has 0 bridgehead atoms. The molecule has 0 saturated heterocycles. The van der Waals surface area contributed by atoms with Gasteiger partial charge in [0.2, 0.25) is 10.0 Å². The molecule has 0 amide bonds. The van der Waals surface area contributed by atoms with Crippen LogP contribution in [0.5, 0.6) is 0 Å².